The average molecular weight is 334 g/mol. The molecule has 4 rings (SSSR count). The number of aromatic nitrogens is 3. The van der Waals surface area contributed by atoms with Crippen molar-refractivity contribution in [2.45, 2.75) is 6.92 Å². The zero-order chi connectivity index (χ0) is 16.5. The van der Waals surface area contributed by atoms with Crippen LogP contribution < -0.4 is 5.73 Å². The summed E-state index contributed by atoms with van der Waals surface area (Å²) in [6.45, 7) is 2.03. The van der Waals surface area contributed by atoms with Crippen molar-refractivity contribution in [3.8, 4) is 32.7 Å². The Morgan fingerprint density at radius 3 is 2.33 bits per heavy atom. The molecule has 2 aromatic carbocycles. The third-order valence-corrected chi connectivity index (χ3v) is 4.58. The molecular formula is C18H14N4OS. The number of nitrogens with zero attached hydrogens (tertiary/aromatic N) is 3. The molecular weight excluding hydrogens is 320 g/mol. The predicted molar refractivity (Wildman–Crippen MR) is 95.4 cm³/mol. The van der Waals surface area contributed by atoms with Gasteiger partial charge in [-0.3, -0.25) is 0 Å². The topological polar surface area (TPSA) is 77.8 Å². The van der Waals surface area contributed by atoms with Crippen LogP contribution in [-0.4, -0.2) is 15.2 Å². The summed E-state index contributed by atoms with van der Waals surface area (Å²) >= 11 is 1.44. The van der Waals surface area contributed by atoms with Gasteiger partial charge in [0.25, 0.3) is 0 Å². The maximum atomic E-state index is 6.00. The first-order valence-corrected chi connectivity index (χ1v) is 8.25. The van der Waals surface area contributed by atoms with Gasteiger partial charge in [0.15, 0.2) is 10.7 Å². The van der Waals surface area contributed by atoms with Gasteiger partial charge in [-0.15, -0.1) is 10.2 Å². The van der Waals surface area contributed by atoms with Crippen molar-refractivity contribution in [1.82, 2.24) is 15.2 Å². The molecule has 2 heterocycles. The molecule has 4 aromatic rings. The summed E-state index contributed by atoms with van der Waals surface area (Å²) in [6, 6.07) is 17.8. The summed E-state index contributed by atoms with van der Waals surface area (Å²) in [7, 11) is 0. The fourth-order valence-electron chi connectivity index (χ4n) is 2.32. The number of nitrogen functional groups attached to an aromatic ring is 1. The van der Waals surface area contributed by atoms with Gasteiger partial charge < -0.3 is 10.2 Å². The van der Waals surface area contributed by atoms with Gasteiger partial charge in [0.1, 0.15) is 5.01 Å². The van der Waals surface area contributed by atoms with E-state index in [1.54, 1.807) is 0 Å². The largest absolute Gasteiger partial charge is 0.420 e. The molecule has 0 bridgehead atoms. The zero-order valence-electron chi connectivity index (χ0n) is 12.9. The van der Waals surface area contributed by atoms with E-state index >= 15 is 0 Å². The van der Waals surface area contributed by atoms with Crippen molar-refractivity contribution >= 4 is 17.2 Å². The van der Waals surface area contributed by atoms with Crippen LogP contribution in [0.15, 0.2) is 59.0 Å². The molecule has 5 nitrogen and oxygen atoms in total. The minimum Gasteiger partial charge on any atom is -0.420 e. The van der Waals surface area contributed by atoms with Crippen LogP contribution in [0.3, 0.4) is 0 Å². The van der Waals surface area contributed by atoms with Crippen molar-refractivity contribution in [3.05, 3.63) is 60.2 Å². The lowest BCUT2D eigenvalue weighted by molar-refractivity contribution is 0.594. The quantitative estimate of drug-likeness (QED) is 0.600. The fraction of sp³-hybridized carbons (Fsp3) is 0.0556. The number of benzene rings is 2. The smallest absolute Gasteiger partial charge is 0.229 e. The van der Waals surface area contributed by atoms with Crippen LogP contribution in [0.4, 0.5) is 5.88 Å². The van der Waals surface area contributed by atoms with E-state index in [1.165, 1.54) is 16.9 Å². The molecule has 0 atom stereocenters. The molecule has 24 heavy (non-hydrogen) atoms. The zero-order valence-corrected chi connectivity index (χ0v) is 13.7. The monoisotopic (exact) mass is 334 g/mol. The molecule has 0 aliphatic rings. The SMILES string of the molecule is Cc1ccc(-c2nc(-c3nnc(-c4ccccc4)s3)c(N)o2)cc1. The summed E-state index contributed by atoms with van der Waals surface area (Å²) in [5.41, 5.74) is 9.60. The molecule has 0 amide bonds. The van der Waals surface area contributed by atoms with E-state index in [1.807, 2.05) is 61.5 Å². The lowest BCUT2D eigenvalue weighted by atomic mass is 10.1. The molecule has 6 heteroatoms. The lowest BCUT2D eigenvalue weighted by Crippen LogP contribution is -1.85. The Morgan fingerprint density at radius 1 is 0.875 bits per heavy atom. The number of hydrogen-bond donors (Lipinski definition) is 1. The second-order valence-corrected chi connectivity index (χ2v) is 6.35. The Labute approximate surface area is 142 Å². The summed E-state index contributed by atoms with van der Waals surface area (Å²) in [6.07, 6.45) is 0. The standard InChI is InChI=1S/C18H14N4OS/c1-11-7-9-12(10-8-11)16-20-14(15(19)23-16)18-22-21-17(24-18)13-5-3-2-4-6-13/h2-10H,19H2,1H3. The second-order valence-electron chi connectivity index (χ2n) is 5.38. The van der Waals surface area contributed by atoms with Crippen molar-refractivity contribution in [2.75, 3.05) is 5.73 Å². The number of anilines is 1. The fourth-order valence-corrected chi connectivity index (χ4v) is 3.16. The van der Waals surface area contributed by atoms with Gasteiger partial charge >= 0.3 is 0 Å². The maximum Gasteiger partial charge on any atom is 0.229 e. The maximum absolute atomic E-state index is 6.00. The van der Waals surface area contributed by atoms with Crippen LogP contribution in [0, 0.1) is 6.92 Å². The number of rotatable bonds is 3. The van der Waals surface area contributed by atoms with Crippen molar-refractivity contribution < 1.29 is 4.42 Å². The molecule has 118 valence electrons. The molecule has 2 N–H and O–H groups in total. The van der Waals surface area contributed by atoms with Crippen LogP contribution in [0.1, 0.15) is 5.56 Å². The van der Waals surface area contributed by atoms with E-state index < -0.39 is 0 Å². The first kappa shape index (κ1) is 14.6. The Balaban J connectivity index is 1.70. The van der Waals surface area contributed by atoms with Gasteiger partial charge in [-0.1, -0.05) is 59.4 Å². The van der Waals surface area contributed by atoms with E-state index in [4.69, 9.17) is 10.2 Å². The molecule has 0 saturated carbocycles. The van der Waals surface area contributed by atoms with Crippen LogP contribution in [0.5, 0.6) is 0 Å². The third-order valence-electron chi connectivity index (χ3n) is 3.60. The predicted octanol–water partition coefficient (Wildman–Crippen LogP) is 4.42. The minimum absolute atomic E-state index is 0.251. The van der Waals surface area contributed by atoms with E-state index in [0.29, 0.717) is 16.6 Å². The Hall–Kier alpha value is -2.99. The van der Waals surface area contributed by atoms with Crippen molar-refractivity contribution in [2.24, 2.45) is 0 Å². The summed E-state index contributed by atoms with van der Waals surface area (Å²) < 4.78 is 5.62. The summed E-state index contributed by atoms with van der Waals surface area (Å²) in [4.78, 5) is 4.50. The van der Waals surface area contributed by atoms with Crippen LogP contribution in [0.2, 0.25) is 0 Å². The highest BCUT2D eigenvalue weighted by Gasteiger charge is 2.18. The highest BCUT2D eigenvalue weighted by Crippen LogP contribution is 2.35. The lowest BCUT2D eigenvalue weighted by Gasteiger charge is -1.95. The van der Waals surface area contributed by atoms with Crippen molar-refractivity contribution in [3.63, 3.8) is 0 Å². The second kappa shape index (κ2) is 5.90. The molecule has 0 unspecified atom stereocenters. The molecule has 0 spiro atoms. The molecule has 0 aliphatic carbocycles. The van der Waals surface area contributed by atoms with E-state index in [2.05, 4.69) is 15.2 Å². The van der Waals surface area contributed by atoms with Gasteiger partial charge in [0, 0.05) is 11.1 Å². The Bertz CT molecular complexity index is 974. The average Bonchev–Trinajstić information content (AvgIpc) is 3.23. The molecule has 2 aromatic heterocycles. The highest BCUT2D eigenvalue weighted by molar-refractivity contribution is 7.17. The number of nitrogens with two attached hydrogens (primary N) is 1. The van der Waals surface area contributed by atoms with Gasteiger partial charge in [-0.25, -0.2) is 4.98 Å². The summed E-state index contributed by atoms with van der Waals surface area (Å²) in [5.74, 6) is 0.736. The highest BCUT2D eigenvalue weighted by atomic mass is 32.1. The first-order valence-electron chi connectivity index (χ1n) is 7.43. The van der Waals surface area contributed by atoms with Crippen LogP contribution in [-0.2, 0) is 0 Å². The van der Waals surface area contributed by atoms with E-state index in [0.717, 1.165) is 16.1 Å². The molecule has 0 aliphatic heterocycles. The molecule has 0 radical (unpaired) electrons. The van der Waals surface area contributed by atoms with E-state index in [-0.39, 0.29) is 5.88 Å². The normalized spacial score (nSPS) is 10.9. The van der Waals surface area contributed by atoms with Gasteiger partial charge in [0.05, 0.1) is 0 Å². The summed E-state index contributed by atoms with van der Waals surface area (Å²) in [5, 5.41) is 9.91. The third kappa shape index (κ3) is 2.68. The Morgan fingerprint density at radius 2 is 1.58 bits per heavy atom. The van der Waals surface area contributed by atoms with Gasteiger partial charge in [-0.2, -0.15) is 0 Å². The molecule has 0 saturated heterocycles. The van der Waals surface area contributed by atoms with Crippen LogP contribution >= 0.6 is 11.3 Å². The van der Waals surface area contributed by atoms with Gasteiger partial charge in [-0.05, 0) is 19.1 Å². The Kier molecular flexibility index (Phi) is 3.59. The van der Waals surface area contributed by atoms with E-state index in [9.17, 15) is 0 Å². The van der Waals surface area contributed by atoms with Crippen molar-refractivity contribution in [1.29, 1.82) is 0 Å². The van der Waals surface area contributed by atoms with Crippen LogP contribution in [0.25, 0.3) is 32.7 Å². The first-order chi connectivity index (χ1) is 11.7. The number of hydrogen-bond acceptors (Lipinski definition) is 6. The molecule has 0 fully saturated rings. The minimum atomic E-state index is 0.251. The number of aryl methyl sites for hydroxylation is 1. The van der Waals surface area contributed by atoms with Gasteiger partial charge in [0.2, 0.25) is 11.8 Å². The number of oxazole rings is 1.